The zero-order chi connectivity index (χ0) is 11.9. The zero-order valence-electron chi connectivity index (χ0n) is 11.7. The Labute approximate surface area is 97.0 Å². The van der Waals surface area contributed by atoms with E-state index in [-0.39, 0.29) is 0 Å². The molecule has 0 heterocycles. The van der Waals surface area contributed by atoms with Crippen LogP contribution in [0.15, 0.2) is 0 Å². The lowest BCUT2D eigenvalue weighted by molar-refractivity contribution is 0.228. The predicted octanol–water partition coefficient (Wildman–Crippen LogP) is 4.23. The number of hydrogen-bond acceptors (Lipinski definition) is 1. The smallest absolute Gasteiger partial charge is 0.00389 e. The highest BCUT2D eigenvalue weighted by atomic mass is 14.9. The van der Waals surface area contributed by atoms with Gasteiger partial charge in [-0.15, -0.1) is 0 Å². The Balaban J connectivity index is 3.65. The lowest BCUT2D eigenvalue weighted by Gasteiger charge is -2.31. The third-order valence-corrected chi connectivity index (χ3v) is 3.71. The first-order valence-corrected chi connectivity index (χ1v) is 6.63. The van der Waals surface area contributed by atoms with Crippen molar-refractivity contribution in [2.45, 2.75) is 73.3 Å². The van der Waals surface area contributed by atoms with Crippen LogP contribution >= 0.6 is 0 Å². The second-order valence-electron chi connectivity index (χ2n) is 5.92. The molecule has 0 saturated heterocycles. The summed E-state index contributed by atoms with van der Waals surface area (Å²) in [6.45, 7) is 15.0. The molecule has 0 aliphatic rings. The van der Waals surface area contributed by atoms with Gasteiger partial charge in [-0.3, -0.25) is 0 Å². The van der Waals surface area contributed by atoms with Gasteiger partial charge in [-0.2, -0.15) is 0 Å². The molecule has 1 atom stereocenters. The molecule has 0 amide bonds. The van der Waals surface area contributed by atoms with Crippen molar-refractivity contribution >= 4 is 0 Å². The molecule has 0 aromatic heterocycles. The number of nitrogens with one attached hydrogen (secondary N) is 1. The van der Waals surface area contributed by atoms with Crippen molar-refractivity contribution in [3.63, 3.8) is 0 Å². The summed E-state index contributed by atoms with van der Waals surface area (Å²) in [7, 11) is 0. The maximum Gasteiger partial charge on any atom is 0.00389 e. The molecule has 0 aliphatic carbocycles. The van der Waals surface area contributed by atoms with Gasteiger partial charge in [0, 0.05) is 12.6 Å². The molecule has 0 aromatic rings. The van der Waals surface area contributed by atoms with Gasteiger partial charge in [-0.05, 0) is 24.7 Å². The molecule has 0 fully saturated rings. The molecule has 0 radical (unpaired) electrons. The quantitative estimate of drug-likeness (QED) is 0.595. The monoisotopic (exact) mass is 213 g/mol. The highest BCUT2D eigenvalue weighted by molar-refractivity contribution is 4.76. The third kappa shape index (κ3) is 6.94. The summed E-state index contributed by atoms with van der Waals surface area (Å²) in [6, 6.07) is 0.676. The largest absolute Gasteiger partial charge is 0.314 e. The van der Waals surface area contributed by atoms with Gasteiger partial charge in [0.25, 0.3) is 0 Å². The van der Waals surface area contributed by atoms with Crippen molar-refractivity contribution in [2.24, 2.45) is 11.3 Å². The standard InChI is InChI=1S/C14H31N/c1-7-8-9-10-13(4)15-11-14(5,6)12(2)3/h12-13,15H,7-11H2,1-6H3. The third-order valence-electron chi connectivity index (χ3n) is 3.71. The fraction of sp³-hybridized carbons (Fsp3) is 1.00. The molecule has 0 rings (SSSR count). The molecule has 0 saturated carbocycles. The van der Waals surface area contributed by atoms with Gasteiger partial charge in [0.1, 0.15) is 0 Å². The molecule has 92 valence electrons. The van der Waals surface area contributed by atoms with Crippen LogP contribution in [0.3, 0.4) is 0 Å². The Kier molecular flexibility index (Phi) is 7.25. The molecule has 0 aliphatic heterocycles. The van der Waals surface area contributed by atoms with Crippen LogP contribution < -0.4 is 5.32 Å². The average Bonchev–Trinajstić information content (AvgIpc) is 2.15. The highest BCUT2D eigenvalue weighted by Gasteiger charge is 2.22. The first-order valence-electron chi connectivity index (χ1n) is 6.63. The molecule has 15 heavy (non-hydrogen) atoms. The van der Waals surface area contributed by atoms with E-state index in [2.05, 4.69) is 46.9 Å². The number of rotatable bonds is 8. The van der Waals surface area contributed by atoms with Gasteiger partial charge in [0.05, 0.1) is 0 Å². The summed E-state index contributed by atoms with van der Waals surface area (Å²) in [6.07, 6.45) is 5.39. The number of unbranched alkanes of at least 4 members (excludes halogenated alkanes) is 2. The van der Waals surface area contributed by atoms with E-state index in [0.717, 1.165) is 12.5 Å². The topological polar surface area (TPSA) is 12.0 Å². The van der Waals surface area contributed by atoms with E-state index >= 15 is 0 Å². The summed E-state index contributed by atoms with van der Waals surface area (Å²) < 4.78 is 0. The minimum atomic E-state index is 0.416. The molecular weight excluding hydrogens is 182 g/mol. The second kappa shape index (κ2) is 7.27. The van der Waals surface area contributed by atoms with Gasteiger partial charge in [-0.1, -0.05) is 53.9 Å². The van der Waals surface area contributed by atoms with Crippen LogP contribution in [0.25, 0.3) is 0 Å². The first-order chi connectivity index (χ1) is 6.90. The van der Waals surface area contributed by atoms with E-state index in [1.807, 2.05) is 0 Å². The van der Waals surface area contributed by atoms with E-state index < -0.39 is 0 Å². The minimum absolute atomic E-state index is 0.416. The molecule has 0 aromatic carbocycles. The summed E-state index contributed by atoms with van der Waals surface area (Å²) in [4.78, 5) is 0. The Morgan fingerprint density at radius 1 is 1.07 bits per heavy atom. The molecule has 1 nitrogen and oxygen atoms in total. The Hall–Kier alpha value is -0.0400. The maximum atomic E-state index is 3.66. The van der Waals surface area contributed by atoms with Crippen molar-refractivity contribution in [2.75, 3.05) is 6.54 Å². The van der Waals surface area contributed by atoms with Crippen molar-refractivity contribution in [1.82, 2.24) is 5.32 Å². The summed E-state index contributed by atoms with van der Waals surface area (Å²) in [5, 5.41) is 3.66. The van der Waals surface area contributed by atoms with Crippen molar-refractivity contribution in [3.8, 4) is 0 Å². The summed E-state index contributed by atoms with van der Waals surface area (Å²) in [5.41, 5.74) is 0.416. The summed E-state index contributed by atoms with van der Waals surface area (Å²) in [5.74, 6) is 0.743. The first kappa shape index (κ1) is 15.0. The fourth-order valence-electron chi connectivity index (χ4n) is 1.44. The molecule has 1 unspecified atom stereocenters. The lowest BCUT2D eigenvalue weighted by atomic mass is 9.81. The van der Waals surface area contributed by atoms with Gasteiger partial charge in [0.15, 0.2) is 0 Å². The van der Waals surface area contributed by atoms with Gasteiger partial charge in [-0.25, -0.2) is 0 Å². The second-order valence-corrected chi connectivity index (χ2v) is 5.92. The molecule has 0 spiro atoms. The Bertz CT molecular complexity index is 149. The van der Waals surface area contributed by atoms with Crippen LogP contribution in [0.5, 0.6) is 0 Å². The molecular formula is C14H31N. The van der Waals surface area contributed by atoms with E-state index in [1.54, 1.807) is 0 Å². The van der Waals surface area contributed by atoms with Crippen LogP contribution in [-0.2, 0) is 0 Å². The Morgan fingerprint density at radius 3 is 2.13 bits per heavy atom. The van der Waals surface area contributed by atoms with E-state index in [0.29, 0.717) is 11.5 Å². The van der Waals surface area contributed by atoms with Gasteiger partial charge < -0.3 is 5.32 Å². The van der Waals surface area contributed by atoms with Crippen molar-refractivity contribution in [1.29, 1.82) is 0 Å². The fourth-order valence-corrected chi connectivity index (χ4v) is 1.44. The Morgan fingerprint density at radius 2 is 1.67 bits per heavy atom. The van der Waals surface area contributed by atoms with Gasteiger partial charge >= 0.3 is 0 Å². The van der Waals surface area contributed by atoms with Crippen LogP contribution in [-0.4, -0.2) is 12.6 Å². The molecule has 1 heteroatoms. The molecule has 1 N–H and O–H groups in total. The lowest BCUT2D eigenvalue weighted by Crippen LogP contribution is -2.38. The summed E-state index contributed by atoms with van der Waals surface area (Å²) >= 11 is 0. The van der Waals surface area contributed by atoms with Crippen LogP contribution in [0, 0.1) is 11.3 Å². The zero-order valence-corrected chi connectivity index (χ0v) is 11.7. The average molecular weight is 213 g/mol. The predicted molar refractivity (Wildman–Crippen MR) is 70.2 cm³/mol. The minimum Gasteiger partial charge on any atom is -0.314 e. The highest BCUT2D eigenvalue weighted by Crippen LogP contribution is 2.24. The van der Waals surface area contributed by atoms with Gasteiger partial charge in [0.2, 0.25) is 0 Å². The molecule has 0 bridgehead atoms. The normalized spacial score (nSPS) is 14.6. The van der Waals surface area contributed by atoms with E-state index in [1.165, 1.54) is 25.7 Å². The van der Waals surface area contributed by atoms with Crippen molar-refractivity contribution in [3.05, 3.63) is 0 Å². The van der Waals surface area contributed by atoms with E-state index in [4.69, 9.17) is 0 Å². The SMILES string of the molecule is CCCCCC(C)NCC(C)(C)C(C)C. The van der Waals surface area contributed by atoms with Crippen LogP contribution in [0.2, 0.25) is 0 Å². The van der Waals surface area contributed by atoms with Crippen LogP contribution in [0.4, 0.5) is 0 Å². The maximum absolute atomic E-state index is 3.66. The number of hydrogen-bond donors (Lipinski definition) is 1. The van der Waals surface area contributed by atoms with E-state index in [9.17, 15) is 0 Å². The van der Waals surface area contributed by atoms with Crippen molar-refractivity contribution < 1.29 is 0 Å². The van der Waals surface area contributed by atoms with Crippen LogP contribution in [0.1, 0.15) is 67.2 Å².